The van der Waals surface area contributed by atoms with Crippen molar-refractivity contribution in [2.45, 2.75) is 29.4 Å². The van der Waals surface area contributed by atoms with Crippen LogP contribution in [0, 0.1) is 0 Å². The van der Waals surface area contributed by atoms with Gasteiger partial charge in [-0.05, 0) is 41.0 Å². The number of alkyl halides is 1. The zero-order chi connectivity index (χ0) is 31.7. The van der Waals surface area contributed by atoms with Gasteiger partial charge in [-0.3, -0.25) is 23.4 Å². The summed E-state index contributed by atoms with van der Waals surface area (Å²) in [7, 11) is -2.73. The first-order chi connectivity index (χ1) is 21.0. The fraction of sp³-hybridized carbons (Fsp3) is 0.267. The van der Waals surface area contributed by atoms with E-state index in [1.807, 2.05) is 4.98 Å². The lowest BCUT2D eigenvalue weighted by molar-refractivity contribution is -0.0655. The average Bonchev–Trinajstić information content (AvgIpc) is 3.31. The summed E-state index contributed by atoms with van der Waals surface area (Å²) < 4.78 is 53.6. The number of nitrogens with one attached hydrogen (secondary N) is 1. The van der Waals surface area contributed by atoms with E-state index in [9.17, 15) is 29.3 Å². The van der Waals surface area contributed by atoms with Crippen molar-refractivity contribution in [2.24, 2.45) is 0 Å². The number of methoxy groups -OCH3 is 2. The molecule has 3 aromatic carbocycles. The van der Waals surface area contributed by atoms with Gasteiger partial charge in [0, 0.05) is 12.3 Å². The largest absolute Gasteiger partial charge is 0.497 e. The maximum absolute atomic E-state index is 16.3. The molecule has 0 saturated carbocycles. The molecule has 4 aromatic rings. The minimum Gasteiger partial charge on any atom is -0.497 e. The number of aliphatic hydroxyl groups excluding tert-OH is 1. The van der Waals surface area contributed by atoms with Gasteiger partial charge in [0.05, 0.1) is 20.8 Å². The molecule has 44 heavy (non-hydrogen) atoms. The SMILES string of the molecule is COc1ccc(C(OP(=O)(O)[C@@]2(O)[C@@H](CO)O[C@@H](n3ccc(=O)[nH]c3=O)[C@@H]2F)(c2ccccc2)c2ccc(OC)cc2)cc1. The molecule has 4 N–H and O–H groups in total. The third kappa shape index (κ3) is 5.17. The number of halogens is 1. The molecule has 5 rings (SSSR count). The molecule has 1 unspecified atom stereocenters. The third-order valence-corrected chi connectivity index (χ3v) is 9.57. The Morgan fingerprint density at radius 2 is 1.45 bits per heavy atom. The molecule has 14 heteroatoms. The van der Waals surface area contributed by atoms with Gasteiger partial charge < -0.3 is 29.3 Å². The zero-order valence-corrected chi connectivity index (χ0v) is 24.5. The minimum atomic E-state index is -5.67. The highest BCUT2D eigenvalue weighted by molar-refractivity contribution is 7.54. The van der Waals surface area contributed by atoms with Gasteiger partial charge in [-0.1, -0.05) is 54.6 Å². The van der Waals surface area contributed by atoms with Crippen molar-refractivity contribution in [3.05, 3.63) is 129 Å². The Labute approximate surface area is 250 Å². The van der Waals surface area contributed by atoms with Crippen LogP contribution in [-0.2, 0) is 19.4 Å². The molecule has 0 radical (unpaired) electrons. The van der Waals surface area contributed by atoms with Crippen LogP contribution in [0.1, 0.15) is 22.9 Å². The van der Waals surface area contributed by atoms with E-state index in [1.54, 1.807) is 78.9 Å². The predicted molar refractivity (Wildman–Crippen MR) is 155 cm³/mol. The molecule has 232 valence electrons. The van der Waals surface area contributed by atoms with Crippen LogP contribution in [-0.4, -0.2) is 63.1 Å². The van der Waals surface area contributed by atoms with Crippen molar-refractivity contribution in [1.82, 2.24) is 9.55 Å². The van der Waals surface area contributed by atoms with Gasteiger partial charge >= 0.3 is 13.3 Å². The second-order valence-electron chi connectivity index (χ2n) is 10.0. The van der Waals surface area contributed by atoms with Gasteiger partial charge in [-0.2, -0.15) is 0 Å². The van der Waals surface area contributed by atoms with E-state index >= 15 is 4.39 Å². The maximum Gasteiger partial charge on any atom is 0.367 e. The molecule has 1 aliphatic heterocycles. The third-order valence-electron chi connectivity index (χ3n) is 7.61. The van der Waals surface area contributed by atoms with Crippen molar-refractivity contribution in [1.29, 1.82) is 0 Å². The Morgan fingerprint density at radius 3 is 1.93 bits per heavy atom. The molecule has 0 aliphatic carbocycles. The topological polar surface area (TPSA) is 170 Å². The van der Waals surface area contributed by atoms with E-state index in [4.69, 9.17) is 18.7 Å². The monoisotopic (exact) mass is 628 g/mol. The van der Waals surface area contributed by atoms with E-state index in [-0.39, 0.29) is 0 Å². The molecule has 0 bridgehead atoms. The molecular weight excluding hydrogens is 598 g/mol. The first kappa shape index (κ1) is 31.3. The summed E-state index contributed by atoms with van der Waals surface area (Å²) in [4.78, 5) is 37.7. The lowest BCUT2D eigenvalue weighted by Gasteiger charge is -2.41. The van der Waals surface area contributed by atoms with Crippen LogP contribution in [0.2, 0.25) is 0 Å². The van der Waals surface area contributed by atoms with Crippen LogP contribution in [0.4, 0.5) is 4.39 Å². The summed E-state index contributed by atoms with van der Waals surface area (Å²) >= 11 is 0. The molecule has 1 saturated heterocycles. The quantitative estimate of drug-likeness (QED) is 0.151. The Hall–Kier alpha value is -4.10. The number of benzene rings is 3. The Morgan fingerprint density at radius 1 is 0.932 bits per heavy atom. The molecule has 1 aliphatic rings. The first-order valence-electron chi connectivity index (χ1n) is 13.3. The Kier molecular flexibility index (Phi) is 8.63. The number of H-pyrrole nitrogens is 1. The van der Waals surface area contributed by atoms with Crippen LogP contribution < -0.4 is 20.7 Å². The lowest BCUT2D eigenvalue weighted by Crippen LogP contribution is -2.49. The fourth-order valence-electron chi connectivity index (χ4n) is 5.32. The highest BCUT2D eigenvalue weighted by Gasteiger charge is 2.69. The van der Waals surface area contributed by atoms with E-state index in [0.717, 1.165) is 12.3 Å². The van der Waals surface area contributed by atoms with Crippen LogP contribution in [0.3, 0.4) is 0 Å². The molecule has 1 aromatic heterocycles. The molecule has 2 heterocycles. The van der Waals surface area contributed by atoms with Crippen LogP contribution in [0.5, 0.6) is 11.5 Å². The summed E-state index contributed by atoms with van der Waals surface area (Å²) in [6.07, 6.45) is -5.92. The van der Waals surface area contributed by atoms with Crippen LogP contribution in [0.25, 0.3) is 0 Å². The van der Waals surface area contributed by atoms with Crippen molar-refractivity contribution < 1.29 is 42.8 Å². The lowest BCUT2D eigenvalue weighted by atomic mass is 9.80. The molecule has 5 atom stereocenters. The second-order valence-corrected chi connectivity index (χ2v) is 12.0. The normalized spacial score (nSPS) is 23.2. The van der Waals surface area contributed by atoms with Crippen LogP contribution >= 0.6 is 7.60 Å². The summed E-state index contributed by atoms with van der Waals surface area (Å²) in [5.41, 5.74) is -2.92. The molecule has 0 spiro atoms. The van der Waals surface area contributed by atoms with Crippen molar-refractivity contribution in [2.75, 3.05) is 20.8 Å². The Balaban J connectivity index is 1.72. The summed E-state index contributed by atoms with van der Waals surface area (Å²) in [6.45, 7) is -1.12. The number of ether oxygens (including phenoxy) is 3. The van der Waals surface area contributed by atoms with Gasteiger partial charge in [0.1, 0.15) is 17.6 Å². The van der Waals surface area contributed by atoms with Gasteiger partial charge in [0.25, 0.3) is 5.56 Å². The van der Waals surface area contributed by atoms with E-state index in [1.165, 1.54) is 14.2 Å². The van der Waals surface area contributed by atoms with E-state index in [2.05, 4.69) is 0 Å². The van der Waals surface area contributed by atoms with Gasteiger partial charge in [0.2, 0.25) is 5.34 Å². The van der Waals surface area contributed by atoms with Crippen molar-refractivity contribution in [3.63, 3.8) is 0 Å². The number of aromatic amines is 1. The number of rotatable bonds is 10. The summed E-state index contributed by atoms with van der Waals surface area (Å²) in [6, 6.07) is 22.0. The fourth-order valence-corrected chi connectivity index (χ4v) is 7.09. The number of nitrogens with zero attached hydrogens (tertiary/aromatic N) is 1. The summed E-state index contributed by atoms with van der Waals surface area (Å²) in [5, 5.41) is 18.5. The summed E-state index contributed by atoms with van der Waals surface area (Å²) in [5.74, 6) is 0.942. The number of hydrogen-bond donors (Lipinski definition) is 4. The highest BCUT2D eigenvalue weighted by Crippen LogP contribution is 2.67. The average molecular weight is 629 g/mol. The van der Waals surface area contributed by atoms with Gasteiger partial charge in [0.15, 0.2) is 18.0 Å². The number of aromatic nitrogens is 2. The van der Waals surface area contributed by atoms with Gasteiger partial charge in [-0.15, -0.1) is 0 Å². The van der Waals surface area contributed by atoms with E-state index in [0.29, 0.717) is 32.8 Å². The first-order valence-corrected chi connectivity index (χ1v) is 14.9. The smallest absolute Gasteiger partial charge is 0.367 e. The molecule has 12 nitrogen and oxygen atoms in total. The highest BCUT2D eigenvalue weighted by atomic mass is 31.2. The zero-order valence-electron chi connectivity index (χ0n) is 23.6. The van der Waals surface area contributed by atoms with Gasteiger partial charge in [-0.25, -0.2) is 9.18 Å². The number of hydrogen-bond acceptors (Lipinski definition) is 9. The Bertz CT molecular complexity index is 1720. The predicted octanol–water partition coefficient (Wildman–Crippen LogP) is 2.66. The number of aliphatic hydroxyl groups is 2. The second kappa shape index (κ2) is 12.1. The minimum absolute atomic E-state index is 0.302. The molecular formula is C30H30FN2O10P. The molecule has 0 amide bonds. The van der Waals surface area contributed by atoms with Crippen molar-refractivity contribution in [3.8, 4) is 11.5 Å². The maximum atomic E-state index is 16.3. The van der Waals surface area contributed by atoms with Crippen molar-refractivity contribution >= 4 is 7.60 Å². The van der Waals surface area contributed by atoms with E-state index < -0.39 is 54.9 Å². The standard InChI is InChI=1S/C30H30FN2O10P/c1-40-22-12-8-20(9-13-22)29(19-6-4-3-5-7-19,21-10-14-23(41-2)15-11-21)43-44(38,39)30(37)24(18-34)42-27(26(30)31)33-17-16-25(35)32-28(33)36/h3-17,24,26-27,34,37H,18H2,1-2H3,(H,38,39)(H,32,35,36)/t24-,26+,27-,30+/m1/s1. The molecule has 1 fully saturated rings. The van der Waals surface area contributed by atoms with Crippen LogP contribution in [0.15, 0.2) is 101 Å².